The lowest BCUT2D eigenvalue weighted by atomic mass is 9.93. The molecule has 55 heavy (non-hydrogen) atoms. The first-order valence-electron chi connectivity index (χ1n) is 18.7. The van der Waals surface area contributed by atoms with Crippen molar-refractivity contribution in [2.75, 3.05) is 4.90 Å². The lowest BCUT2D eigenvalue weighted by Crippen LogP contribution is -2.11. The van der Waals surface area contributed by atoms with E-state index < -0.39 is 0 Å². The summed E-state index contributed by atoms with van der Waals surface area (Å²) in [6, 6.07) is 72.3. The minimum atomic E-state index is 0.889. The van der Waals surface area contributed by atoms with Gasteiger partial charge in [0.15, 0.2) is 0 Å². The SMILES string of the molecule is c1ccc(-c2cc(-c3cccc4oc5ccccc5c34)cc(N(c3ccc(-c4ccccc4)c4ccccc34)c3cccc4c3sc3ccccc34)c2)cc1. The molecule has 258 valence electrons. The molecule has 9 aromatic carbocycles. The number of rotatable bonds is 6. The van der Waals surface area contributed by atoms with E-state index in [0.29, 0.717) is 0 Å². The highest BCUT2D eigenvalue weighted by molar-refractivity contribution is 7.26. The summed E-state index contributed by atoms with van der Waals surface area (Å²) in [5.74, 6) is 0. The van der Waals surface area contributed by atoms with E-state index in [4.69, 9.17) is 4.42 Å². The summed E-state index contributed by atoms with van der Waals surface area (Å²) in [7, 11) is 0. The average Bonchev–Trinajstić information content (AvgIpc) is 3.84. The number of para-hydroxylation sites is 1. The van der Waals surface area contributed by atoms with Gasteiger partial charge in [-0.1, -0.05) is 152 Å². The molecule has 2 heterocycles. The molecule has 0 aliphatic rings. The second-order valence-electron chi connectivity index (χ2n) is 14.0. The molecule has 0 saturated carbocycles. The molecule has 0 fully saturated rings. The zero-order valence-electron chi connectivity index (χ0n) is 29.8. The van der Waals surface area contributed by atoms with Crippen LogP contribution in [0.1, 0.15) is 0 Å². The third kappa shape index (κ3) is 5.24. The molecule has 3 heteroatoms. The largest absolute Gasteiger partial charge is 0.456 e. The van der Waals surface area contributed by atoms with Gasteiger partial charge in [-0.2, -0.15) is 0 Å². The number of anilines is 3. The normalized spacial score (nSPS) is 11.6. The Morgan fingerprint density at radius 3 is 1.84 bits per heavy atom. The Morgan fingerprint density at radius 2 is 1.00 bits per heavy atom. The van der Waals surface area contributed by atoms with Crippen LogP contribution in [0.4, 0.5) is 17.1 Å². The first-order chi connectivity index (χ1) is 27.3. The highest BCUT2D eigenvalue weighted by Crippen LogP contribution is 2.49. The number of hydrogen-bond donors (Lipinski definition) is 0. The zero-order valence-corrected chi connectivity index (χ0v) is 30.6. The Kier molecular flexibility index (Phi) is 7.39. The van der Waals surface area contributed by atoms with Crippen LogP contribution in [0.5, 0.6) is 0 Å². The zero-order chi connectivity index (χ0) is 36.3. The molecular weight excluding hydrogens is 687 g/mol. The van der Waals surface area contributed by atoms with Crippen LogP contribution in [-0.4, -0.2) is 0 Å². The summed E-state index contributed by atoms with van der Waals surface area (Å²) in [6.45, 7) is 0. The van der Waals surface area contributed by atoms with Crippen molar-refractivity contribution in [3.8, 4) is 33.4 Å². The van der Waals surface area contributed by atoms with E-state index in [9.17, 15) is 0 Å². The van der Waals surface area contributed by atoms with Gasteiger partial charge < -0.3 is 9.32 Å². The van der Waals surface area contributed by atoms with Crippen molar-refractivity contribution < 1.29 is 4.42 Å². The van der Waals surface area contributed by atoms with E-state index in [-0.39, 0.29) is 0 Å². The fourth-order valence-corrected chi connectivity index (χ4v) is 9.58. The molecule has 0 N–H and O–H groups in total. The van der Waals surface area contributed by atoms with E-state index >= 15 is 0 Å². The van der Waals surface area contributed by atoms with Gasteiger partial charge in [-0.25, -0.2) is 0 Å². The maximum absolute atomic E-state index is 6.41. The third-order valence-corrected chi connectivity index (χ3v) is 12.1. The van der Waals surface area contributed by atoms with Gasteiger partial charge in [-0.05, 0) is 87.3 Å². The molecule has 0 radical (unpaired) electrons. The predicted octanol–water partition coefficient (Wildman–Crippen LogP) is 15.6. The van der Waals surface area contributed by atoms with Crippen molar-refractivity contribution in [1.29, 1.82) is 0 Å². The molecule has 0 aliphatic heterocycles. The van der Waals surface area contributed by atoms with Gasteiger partial charge in [0.2, 0.25) is 0 Å². The molecule has 0 atom stereocenters. The molecule has 0 amide bonds. The first-order valence-corrected chi connectivity index (χ1v) is 19.5. The first kappa shape index (κ1) is 31.6. The van der Waals surface area contributed by atoms with Gasteiger partial charge in [-0.15, -0.1) is 11.3 Å². The van der Waals surface area contributed by atoms with Crippen LogP contribution < -0.4 is 4.90 Å². The summed E-state index contributed by atoms with van der Waals surface area (Å²) in [5.41, 5.74) is 12.2. The minimum Gasteiger partial charge on any atom is -0.456 e. The molecule has 0 unspecified atom stereocenters. The minimum absolute atomic E-state index is 0.889. The van der Waals surface area contributed by atoms with Crippen molar-refractivity contribution in [2.24, 2.45) is 0 Å². The van der Waals surface area contributed by atoms with E-state index in [2.05, 4.69) is 199 Å². The van der Waals surface area contributed by atoms with Crippen LogP contribution in [0.3, 0.4) is 0 Å². The Hall–Kier alpha value is -6.94. The molecule has 0 saturated heterocycles. The number of benzene rings is 9. The number of furan rings is 1. The second kappa shape index (κ2) is 12.9. The second-order valence-corrected chi connectivity index (χ2v) is 15.1. The van der Waals surface area contributed by atoms with Crippen LogP contribution in [0.15, 0.2) is 205 Å². The molecule has 2 nitrogen and oxygen atoms in total. The van der Waals surface area contributed by atoms with E-state index in [1.807, 2.05) is 17.4 Å². The molecular formula is C52H33NOS. The lowest BCUT2D eigenvalue weighted by molar-refractivity contribution is 0.669. The Morgan fingerprint density at radius 1 is 0.364 bits per heavy atom. The standard InChI is InChI=1S/C52H33NOS/c1-3-15-34(16-4-1)36-31-37(40-23-14-27-49-51(40)45-22-9-11-26-48(45)54-49)33-38(32-36)53(47-25-13-24-44-43-21-10-12-28-50(43)55-52(44)47)46-30-29-39(35-17-5-2-6-18-35)41-19-7-8-20-42(41)46/h1-33H. The molecule has 0 spiro atoms. The lowest BCUT2D eigenvalue weighted by Gasteiger charge is -2.29. The maximum atomic E-state index is 6.41. The highest BCUT2D eigenvalue weighted by Gasteiger charge is 2.23. The number of hydrogen-bond acceptors (Lipinski definition) is 3. The Balaban J connectivity index is 1.24. The van der Waals surface area contributed by atoms with Crippen molar-refractivity contribution in [2.45, 2.75) is 0 Å². The monoisotopic (exact) mass is 719 g/mol. The summed E-state index contributed by atoms with van der Waals surface area (Å²) in [4.78, 5) is 2.50. The van der Waals surface area contributed by atoms with E-state index in [1.165, 1.54) is 47.6 Å². The number of fused-ring (bicyclic) bond motifs is 7. The van der Waals surface area contributed by atoms with Crippen LogP contribution in [0, 0.1) is 0 Å². The Bertz CT molecular complexity index is 3210. The fourth-order valence-electron chi connectivity index (χ4n) is 8.37. The quantitative estimate of drug-likeness (QED) is 0.170. The van der Waals surface area contributed by atoms with Gasteiger partial charge in [0.25, 0.3) is 0 Å². The highest BCUT2D eigenvalue weighted by atomic mass is 32.1. The molecule has 0 bridgehead atoms. The van der Waals surface area contributed by atoms with Gasteiger partial charge in [0.1, 0.15) is 11.2 Å². The summed E-state index contributed by atoms with van der Waals surface area (Å²) in [5, 5.41) is 7.21. The molecule has 2 aromatic heterocycles. The van der Waals surface area contributed by atoms with Crippen LogP contribution in [0.25, 0.3) is 86.3 Å². The van der Waals surface area contributed by atoms with Crippen LogP contribution in [-0.2, 0) is 0 Å². The van der Waals surface area contributed by atoms with Crippen molar-refractivity contribution in [3.05, 3.63) is 200 Å². The van der Waals surface area contributed by atoms with Crippen molar-refractivity contribution in [1.82, 2.24) is 0 Å². The van der Waals surface area contributed by atoms with Crippen molar-refractivity contribution in [3.63, 3.8) is 0 Å². The van der Waals surface area contributed by atoms with E-state index in [1.54, 1.807) is 0 Å². The van der Waals surface area contributed by atoms with Gasteiger partial charge in [0, 0.05) is 37.3 Å². The third-order valence-electron chi connectivity index (χ3n) is 10.8. The van der Waals surface area contributed by atoms with Gasteiger partial charge in [-0.3, -0.25) is 0 Å². The molecule has 0 aliphatic carbocycles. The molecule has 11 aromatic rings. The van der Waals surface area contributed by atoms with Gasteiger partial charge in [0.05, 0.1) is 16.1 Å². The van der Waals surface area contributed by atoms with Crippen LogP contribution >= 0.6 is 11.3 Å². The number of nitrogens with zero attached hydrogens (tertiary/aromatic N) is 1. The predicted molar refractivity (Wildman–Crippen MR) is 235 cm³/mol. The average molecular weight is 720 g/mol. The molecule has 11 rings (SSSR count). The fraction of sp³-hybridized carbons (Fsp3) is 0. The van der Waals surface area contributed by atoms with E-state index in [0.717, 1.165) is 55.7 Å². The van der Waals surface area contributed by atoms with Gasteiger partial charge >= 0.3 is 0 Å². The van der Waals surface area contributed by atoms with Crippen molar-refractivity contribution >= 4 is 81.3 Å². The number of thiophene rings is 1. The maximum Gasteiger partial charge on any atom is 0.136 e. The van der Waals surface area contributed by atoms with Crippen LogP contribution in [0.2, 0.25) is 0 Å². The summed E-state index contributed by atoms with van der Waals surface area (Å²) in [6.07, 6.45) is 0. The topological polar surface area (TPSA) is 16.4 Å². The summed E-state index contributed by atoms with van der Waals surface area (Å²) >= 11 is 1.86. The smallest absolute Gasteiger partial charge is 0.136 e. The summed E-state index contributed by atoms with van der Waals surface area (Å²) < 4.78 is 8.95. The Labute approximate surface area is 322 Å².